The summed E-state index contributed by atoms with van der Waals surface area (Å²) in [6.07, 6.45) is 1.31. The van der Waals surface area contributed by atoms with Crippen LogP contribution in [0.25, 0.3) is 11.0 Å². The average molecular weight is 484 g/mol. The number of anilines is 1. The Labute approximate surface area is 212 Å². The van der Waals surface area contributed by atoms with Gasteiger partial charge in [-0.15, -0.1) is 0 Å². The second-order valence-electron chi connectivity index (χ2n) is 9.41. The molecule has 3 aromatic carbocycles. The minimum atomic E-state index is 0.0386. The predicted octanol–water partition coefficient (Wildman–Crippen LogP) is 6.04. The highest BCUT2D eigenvalue weighted by Crippen LogP contribution is 2.34. The van der Waals surface area contributed by atoms with Gasteiger partial charge in [0.25, 0.3) is 0 Å². The number of carbonyl (C=O) groups excluding carboxylic acids is 1. The van der Waals surface area contributed by atoms with E-state index in [9.17, 15) is 4.79 Å². The normalized spacial score (nSPS) is 15.6. The van der Waals surface area contributed by atoms with Crippen molar-refractivity contribution in [3.05, 3.63) is 83.7 Å². The summed E-state index contributed by atoms with van der Waals surface area (Å²) in [4.78, 5) is 19.9. The zero-order valence-electron chi connectivity index (χ0n) is 21.2. The number of amides is 1. The number of nitrogens with zero attached hydrogens (tertiary/aromatic N) is 3. The number of hydrogen-bond acceptors (Lipinski definition) is 4. The molecule has 0 saturated carbocycles. The third kappa shape index (κ3) is 4.94. The Bertz CT molecular complexity index is 1360. The summed E-state index contributed by atoms with van der Waals surface area (Å²) < 4.78 is 13.9. The summed E-state index contributed by atoms with van der Waals surface area (Å²) in [6.45, 7) is 8.78. The van der Waals surface area contributed by atoms with Gasteiger partial charge in [-0.2, -0.15) is 0 Å². The van der Waals surface area contributed by atoms with Crippen molar-refractivity contribution >= 4 is 22.6 Å². The lowest BCUT2D eigenvalue weighted by Crippen LogP contribution is -2.24. The molecule has 0 spiro atoms. The summed E-state index contributed by atoms with van der Waals surface area (Å²) in [5.74, 6) is 2.89. The molecule has 1 atom stereocenters. The van der Waals surface area contributed by atoms with Gasteiger partial charge in [-0.1, -0.05) is 29.8 Å². The molecule has 36 heavy (non-hydrogen) atoms. The van der Waals surface area contributed by atoms with Crippen molar-refractivity contribution in [3.8, 4) is 11.5 Å². The summed E-state index contributed by atoms with van der Waals surface area (Å²) in [7, 11) is 0. The van der Waals surface area contributed by atoms with E-state index in [2.05, 4.69) is 36.6 Å². The molecule has 4 aromatic rings. The SMILES string of the molecule is CCOc1ccc(N2C[C@@H](c3nc4ccccc4n3CCCOc3ccc(C)cc3C)CC2=O)cc1. The topological polar surface area (TPSA) is 56.6 Å². The molecule has 2 heterocycles. The van der Waals surface area contributed by atoms with E-state index in [1.54, 1.807) is 0 Å². The quantitative estimate of drug-likeness (QED) is 0.272. The fraction of sp³-hybridized carbons (Fsp3) is 0.333. The Morgan fingerprint density at radius 2 is 1.81 bits per heavy atom. The van der Waals surface area contributed by atoms with Crippen molar-refractivity contribution in [2.24, 2.45) is 0 Å². The molecule has 0 radical (unpaired) electrons. The van der Waals surface area contributed by atoms with E-state index in [1.807, 2.05) is 60.4 Å². The molecule has 0 aliphatic carbocycles. The van der Waals surface area contributed by atoms with Crippen LogP contribution in [-0.2, 0) is 11.3 Å². The molecular formula is C30H33N3O3. The van der Waals surface area contributed by atoms with Crippen molar-refractivity contribution < 1.29 is 14.3 Å². The molecule has 1 fully saturated rings. The Balaban J connectivity index is 1.32. The van der Waals surface area contributed by atoms with E-state index in [-0.39, 0.29) is 11.8 Å². The standard InChI is InChI=1S/C30H33N3O3/c1-4-35-25-13-11-24(12-14-25)33-20-23(19-29(33)34)30-31-26-8-5-6-9-27(26)32(30)16-7-17-36-28-15-10-21(2)18-22(28)3/h5-6,8-15,18,23H,4,7,16-17,19-20H2,1-3H3/t23-/m0/s1. The van der Waals surface area contributed by atoms with Gasteiger partial charge in [-0.05, 0) is 75.2 Å². The molecule has 6 nitrogen and oxygen atoms in total. The van der Waals surface area contributed by atoms with Crippen LogP contribution in [0, 0.1) is 13.8 Å². The van der Waals surface area contributed by atoms with Crippen LogP contribution in [0.3, 0.4) is 0 Å². The Morgan fingerprint density at radius 3 is 2.58 bits per heavy atom. The number of fused-ring (bicyclic) bond motifs is 1. The predicted molar refractivity (Wildman–Crippen MR) is 143 cm³/mol. The van der Waals surface area contributed by atoms with Crippen LogP contribution in [-0.4, -0.2) is 35.2 Å². The first-order valence-electron chi connectivity index (χ1n) is 12.7. The number of aryl methyl sites for hydroxylation is 3. The van der Waals surface area contributed by atoms with Crippen LogP contribution in [0.4, 0.5) is 5.69 Å². The molecule has 1 aliphatic rings. The molecule has 1 aliphatic heterocycles. The van der Waals surface area contributed by atoms with E-state index < -0.39 is 0 Å². The van der Waals surface area contributed by atoms with E-state index in [4.69, 9.17) is 14.5 Å². The van der Waals surface area contributed by atoms with Gasteiger partial charge in [0, 0.05) is 31.1 Å². The van der Waals surface area contributed by atoms with Gasteiger partial charge in [-0.3, -0.25) is 4.79 Å². The average Bonchev–Trinajstić information content (AvgIpc) is 3.44. The van der Waals surface area contributed by atoms with Crippen LogP contribution >= 0.6 is 0 Å². The molecule has 0 N–H and O–H groups in total. The number of carbonyl (C=O) groups is 1. The Hall–Kier alpha value is -3.80. The van der Waals surface area contributed by atoms with Crippen molar-refractivity contribution in [2.45, 2.75) is 46.1 Å². The number of ether oxygens (including phenoxy) is 2. The molecule has 5 rings (SSSR count). The first-order chi connectivity index (χ1) is 17.5. The fourth-order valence-corrected chi connectivity index (χ4v) is 5.03. The minimum absolute atomic E-state index is 0.0386. The van der Waals surface area contributed by atoms with Crippen LogP contribution in [0.5, 0.6) is 11.5 Å². The first-order valence-corrected chi connectivity index (χ1v) is 12.7. The van der Waals surface area contributed by atoms with E-state index in [0.29, 0.717) is 26.2 Å². The lowest BCUT2D eigenvalue weighted by atomic mass is 10.1. The fourth-order valence-electron chi connectivity index (χ4n) is 5.03. The molecule has 186 valence electrons. The third-order valence-electron chi connectivity index (χ3n) is 6.75. The number of rotatable bonds is 9. The number of para-hydroxylation sites is 2. The van der Waals surface area contributed by atoms with E-state index >= 15 is 0 Å². The second kappa shape index (κ2) is 10.4. The van der Waals surface area contributed by atoms with Gasteiger partial charge in [0.1, 0.15) is 17.3 Å². The highest BCUT2D eigenvalue weighted by Gasteiger charge is 2.34. The van der Waals surface area contributed by atoms with Crippen LogP contribution in [0.2, 0.25) is 0 Å². The molecular weight excluding hydrogens is 450 g/mol. The van der Waals surface area contributed by atoms with Crippen LogP contribution in [0.15, 0.2) is 66.7 Å². The Kier molecular flexibility index (Phi) is 6.94. The summed E-state index contributed by atoms with van der Waals surface area (Å²) in [5, 5.41) is 0. The van der Waals surface area contributed by atoms with Gasteiger partial charge in [0.15, 0.2) is 0 Å². The maximum atomic E-state index is 13.0. The molecule has 0 bridgehead atoms. The van der Waals surface area contributed by atoms with Gasteiger partial charge in [-0.25, -0.2) is 4.98 Å². The Morgan fingerprint density at radius 1 is 1.00 bits per heavy atom. The lowest BCUT2D eigenvalue weighted by molar-refractivity contribution is -0.117. The maximum absolute atomic E-state index is 13.0. The van der Waals surface area contributed by atoms with E-state index in [0.717, 1.165) is 52.6 Å². The minimum Gasteiger partial charge on any atom is -0.494 e. The van der Waals surface area contributed by atoms with Crippen molar-refractivity contribution in [1.29, 1.82) is 0 Å². The molecule has 1 saturated heterocycles. The molecule has 0 unspecified atom stereocenters. The van der Waals surface area contributed by atoms with Gasteiger partial charge >= 0.3 is 0 Å². The first kappa shape index (κ1) is 23.9. The smallest absolute Gasteiger partial charge is 0.227 e. The zero-order valence-corrected chi connectivity index (χ0v) is 21.2. The number of hydrogen-bond donors (Lipinski definition) is 0. The zero-order chi connectivity index (χ0) is 25.1. The molecule has 1 aromatic heterocycles. The van der Waals surface area contributed by atoms with Crippen molar-refractivity contribution in [2.75, 3.05) is 24.7 Å². The summed E-state index contributed by atoms with van der Waals surface area (Å²) >= 11 is 0. The number of benzene rings is 3. The van der Waals surface area contributed by atoms with Gasteiger partial charge in [0.2, 0.25) is 5.91 Å². The summed E-state index contributed by atoms with van der Waals surface area (Å²) in [6, 6.07) is 22.2. The van der Waals surface area contributed by atoms with Gasteiger partial charge < -0.3 is 18.9 Å². The third-order valence-corrected chi connectivity index (χ3v) is 6.75. The highest BCUT2D eigenvalue weighted by atomic mass is 16.5. The number of aromatic nitrogens is 2. The second-order valence-corrected chi connectivity index (χ2v) is 9.41. The summed E-state index contributed by atoms with van der Waals surface area (Å²) in [5.41, 5.74) is 5.36. The largest absolute Gasteiger partial charge is 0.494 e. The number of imidazole rings is 1. The van der Waals surface area contributed by atoms with Gasteiger partial charge in [0.05, 0.1) is 24.2 Å². The lowest BCUT2D eigenvalue weighted by Gasteiger charge is -2.18. The molecule has 1 amide bonds. The molecule has 6 heteroatoms. The van der Waals surface area contributed by atoms with Crippen LogP contribution < -0.4 is 14.4 Å². The highest BCUT2D eigenvalue weighted by molar-refractivity contribution is 5.96. The maximum Gasteiger partial charge on any atom is 0.227 e. The van der Waals surface area contributed by atoms with Crippen molar-refractivity contribution in [3.63, 3.8) is 0 Å². The van der Waals surface area contributed by atoms with E-state index in [1.165, 1.54) is 5.56 Å². The monoisotopic (exact) mass is 483 g/mol. The van der Waals surface area contributed by atoms with Crippen LogP contribution in [0.1, 0.15) is 42.6 Å². The van der Waals surface area contributed by atoms with Crippen molar-refractivity contribution in [1.82, 2.24) is 9.55 Å².